The van der Waals surface area contributed by atoms with Crippen LogP contribution in [0.3, 0.4) is 0 Å². The minimum absolute atomic E-state index is 0.735. The van der Waals surface area contributed by atoms with Gasteiger partial charge in [0.15, 0.2) is 5.96 Å². The van der Waals surface area contributed by atoms with Crippen molar-refractivity contribution < 1.29 is 0 Å². The van der Waals surface area contributed by atoms with E-state index < -0.39 is 0 Å². The molecule has 0 bridgehead atoms. The normalized spacial score (nSPS) is 11.1. The Hall–Kier alpha value is -1.42. The SMILES string of the molecule is C=CCNC(=NC)NCCCSc1ccccc1. The van der Waals surface area contributed by atoms with Gasteiger partial charge in [-0.05, 0) is 24.3 Å². The maximum absolute atomic E-state index is 4.12. The summed E-state index contributed by atoms with van der Waals surface area (Å²) in [5.74, 6) is 1.94. The Balaban J connectivity index is 2.09. The predicted octanol–water partition coefficient (Wildman–Crippen LogP) is 2.52. The summed E-state index contributed by atoms with van der Waals surface area (Å²) < 4.78 is 0. The maximum Gasteiger partial charge on any atom is 0.191 e. The summed E-state index contributed by atoms with van der Waals surface area (Å²) in [6.45, 7) is 5.32. The zero-order valence-corrected chi connectivity index (χ0v) is 11.7. The van der Waals surface area contributed by atoms with Crippen LogP contribution in [0.1, 0.15) is 6.42 Å². The van der Waals surface area contributed by atoms with E-state index in [0.29, 0.717) is 0 Å². The van der Waals surface area contributed by atoms with Crippen molar-refractivity contribution in [2.75, 3.05) is 25.9 Å². The summed E-state index contributed by atoms with van der Waals surface area (Å²) in [5, 5.41) is 6.41. The topological polar surface area (TPSA) is 36.4 Å². The molecule has 3 nitrogen and oxygen atoms in total. The smallest absolute Gasteiger partial charge is 0.191 e. The van der Waals surface area contributed by atoms with Crippen LogP contribution in [0.15, 0.2) is 52.9 Å². The second-order valence-electron chi connectivity index (χ2n) is 3.68. The molecule has 0 unspecified atom stereocenters. The Morgan fingerprint density at radius 1 is 1.33 bits per heavy atom. The second kappa shape index (κ2) is 9.59. The lowest BCUT2D eigenvalue weighted by Gasteiger charge is -2.09. The van der Waals surface area contributed by atoms with Crippen LogP contribution in [-0.4, -0.2) is 31.8 Å². The van der Waals surface area contributed by atoms with Gasteiger partial charge in [-0.15, -0.1) is 18.3 Å². The van der Waals surface area contributed by atoms with Gasteiger partial charge in [-0.1, -0.05) is 24.3 Å². The van der Waals surface area contributed by atoms with Crippen LogP contribution >= 0.6 is 11.8 Å². The monoisotopic (exact) mass is 263 g/mol. The van der Waals surface area contributed by atoms with Crippen LogP contribution in [0, 0.1) is 0 Å². The molecule has 18 heavy (non-hydrogen) atoms. The fourth-order valence-corrected chi connectivity index (χ4v) is 2.25. The van der Waals surface area contributed by atoms with Gasteiger partial charge in [0.2, 0.25) is 0 Å². The van der Waals surface area contributed by atoms with E-state index in [4.69, 9.17) is 0 Å². The largest absolute Gasteiger partial charge is 0.356 e. The quantitative estimate of drug-likeness (QED) is 0.261. The minimum Gasteiger partial charge on any atom is -0.356 e. The molecule has 0 spiro atoms. The van der Waals surface area contributed by atoms with Gasteiger partial charge in [0.1, 0.15) is 0 Å². The number of benzene rings is 1. The molecule has 0 fully saturated rings. The summed E-state index contributed by atoms with van der Waals surface area (Å²) in [4.78, 5) is 5.45. The summed E-state index contributed by atoms with van der Waals surface area (Å²) in [6.07, 6.45) is 2.92. The van der Waals surface area contributed by atoms with Gasteiger partial charge in [0.25, 0.3) is 0 Å². The average molecular weight is 263 g/mol. The van der Waals surface area contributed by atoms with Crippen LogP contribution in [0.5, 0.6) is 0 Å². The first-order valence-electron chi connectivity index (χ1n) is 6.10. The van der Waals surface area contributed by atoms with Crippen LogP contribution in [0.2, 0.25) is 0 Å². The van der Waals surface area contributed by atoms with E-state index in [-0.39, 0.29) is 0 Å². The van der Waals surface area contributed by atoms with Crippen molar-refractivity contribution in [2.45, 2.75) is 11.3 Å². The van der Waals surface area contributed by atoms with Crippen LogP contribution in [0.4, 0.5) is 0 Å². The first-order chi connectivity index (χ1) is 8.86. The van der Waals surface area contributed by atoms with E-state index in [1.54, 1.807) is 7.05 Å². The Kier molecular flexibility index (Phi) is 7.80. The zero-order valence-electron chi connectivity index (χ0n) is 10.9. The third-order valence-electron chi connectivity index (χ3n) is 2.26. The van der Waals surface area contributed by atoms with Crippen molar-refractivity contribution in [1.82, 2.24) is 10.6 Å². The molecule has 0 atom stereocenters. The Morgan fingerprint density at radius 2 is 2.11 bits per heavy atom. The van der Waals surface area contributed by atoms with Crippen LogP contribution in [0.25, 0.3) is 0 Å². The highest BCUT2D eigenvalue weighted by Crippen LogP contribution is 2.17. The molecule has 0 aliphatic heterocycles. The Labute approximate surface area is 114 Å². The van der Waals surface area contributed by atoms with E-state index in [1.807, 2.05) is 23.9 Å². The molecule has 0 saturated heterocycles. The van der Waals surface area contributed by atoms with Gasteiger partial charge in [-0.2, -0.15) is 0 Å². The van der Waals surface area contributed by atoms with Crippen molar-refractivity contribution in [3.63, 3.8) is 0 Å². The van der Waals surface area contributed by atoms with E-state index in [1.165, 1.54) is 4.90 Å². The number of hydrogen-bond donors (Lipinski definition) is 2. The number of rotatable bonds is 7. The fraction of sp³-hybridized carbons (Fsp3) is 0.357. The summed E-state index contributed by atoms with van der Waals surface area (Å²) >= 11 is 1.88. The molecule has 0 amide bonds. The van der Waals surface area contributed by atoms with Crippen LogP contribution < -0.4 is 10.6 Å². The molecule has 98 valence electrons. The van der Waals surface area contributed by atoms with E-state index >= 15 is 0 Å². The number of guanidine groups is 1. The first kappa shape index (κ1) is 14.6. The highest BCUT2D eigenvalue weighted by molar-refractivity contribution is 7.99. The van der Waals surface area contributed by atoms with E-state index in [9.17, 15) is 0 Å². The fourth-order valence-electron chi connectivity index (χ4n) is 1.38. The first-order valence-corrected chi connectivity index (χ1v) is 7.08. The second-order valence-corrected chi connectivity index (χ2v) is 4.85. The molecular weight excluding hydrogens is 242 g/mol. The third-order valence-corrected chi connectivity index (χ3v) is 3.36. The van der Waals surface area contributed by atoms with E-state index in [0.717, 1.165) is 31.2 Å². The lowest BCUT2D eigenvalue weighted by atomic mass is 10.4. The molecule has 1 aromatic carbocycles. The van der Waals surface area contributed by atoms with Gasteiger partial charge in [-0.3, -0.25) is 4.99 Å². The summed E-state index contributed by atoms with van der Waals surface area (Å²) in [6, 6.07) is 10.5. The zero-order chi connectivity index (χ0) is 13.1. The third kappa shape index (κ3) is 6.35. The predicted molar refractivity (Wildman–Crippen MR) is 81.3 cm³/mol. The molecule has 0 saturated carbocycles. The van der Waals surface area contributed by atoms with Gasteiger partial charge in [0.05, 0.1) is 0 Å². The van der Waals surface area contributed by atoms with Gasteiger partial charge < -0.3 is 10.6 Å². The Bertz CT molecular complexity index is 363. The number of aliphatic imine (C=N–C) groups is 1. The van der Waals surface area contributed by atoms with Crippen molar-refractivity contribution >= 4 is 17.7 Å². The minimum atomic E-state index is 0.735. The molecule has 0 radical (unpaired) electrons. The molecule has 1 rings (SSSR count). The van der Waals surface area contributed by atoms with Crippen molar-refractivity contribution in [1.29, 1.82) is 0 Å². The lowest BCUT2D eigenvalue weighted by molar-refractivity contribution is 0.809. The average Bonchev–Trinajstić information content (AvgIpc) is 2.43. The molecule has 2 N–H and O–H groups in total. The molecule has 0 aliphatic rings. The Morgan fingerprint density at radius 3 is 2.78 bits per heavy atom. The molecule has 0 heterocycles. The van der Waals surface area contributed by atoms with Gasteiger partial charge in [-0.25, -0.2) is 0 Å². The number of nitrogens with zero attached hydrogens (tertiary/aromatic N) is 1. The summed E-state index contributed by atoms with van der Waals surface area (Å²) in [7, 11) is 1.77. The van der Waals surface area contributed by atoms with Crippen molar-refractivity contribution in [3.05, 3.63) is 43.0 Å². The number of hydrogen-bond acceptors (Lipinski definition) is 2. The molecular formula is C14H21N3S. The molecule has 0 aromatic heterocycles. The highest BCUT2D eigenvalue weighted by atomic mass is 32.2. The lowest BCUT2D eigenvalue weighted by Crippen LogP contribution is -2.37. The van der Waals surface area contributed by atoms with Crippen molar-refractivity contribution in [2.24, 2.45) is 4.99 Å². The standard InChI is InChI=1S/C14H21N3S/c1-3-10-16-14(15-2)17-11-7-12-18-13-8-5-4-6-9-13/h3-6,8-9H,1,7,10-12H2,2H3,(H2,15,16,17). The number of nitrogens with one attached hydrogen (secondary N) is 2. The maximum atomic E-state index is 4.12. The molecule has 1 aromatic rings. The van der Waals surface area contributed by atoms with E-state index in [2.05, 4.69) is 46.5 Å². The summed E-state index contributed by atoms with van der Waals surface area (Å²) in [5.41, 5.74) is 0. The van der Waals surface area contributed by atoms with Gasteiger partial charge in [0, 0.05) is 25.0 Å². The molecule has 0 aliphatic carbocycles. The van der Waals surface area contributed by atoms with Crippen molar-refractivity contribution in [3.8, 4) is 0 Å². The molecule has 4 heteroatoms. The highest BCUT2D eigenvalue weighted by Gasteiger charge is 1.95. The van der Waals surface area contributed by atoms with Crippen LogP contribution in [-0.2, 0) is 0 Å². The number of thioether (sulfide) groups is 1. The van der Waals surface area contributed by atoms with Gasteiger partial charge >= 0.3 is 0 Å².